The van der Waals surface area contributed by atoms with E-state index in [1.165, 1.54) is 10.9 Å². The Balaban J connectivity index is 2.06. The predicted octanol–water partition coefficient (Wildman–Crippen LogP) is 3.41. The lowest BCUT2D eigenvalue weighted by Gasteiger charge is -2.08. The molecule has 0 unspecified atom stereocenters. The standard InChI is InChI=1S/C17H17N3/c1-2-18-8-13-7-15(11-19-9-13)17-12-20-10-14-5-3-4-6-16(14)17/h3-7,9-12,18H,2,8H2,1H3. The van der Waals surface area contributed by atoms with Gasteiger partial charge in [-0.05, 0) is 23.6 Å². The number of pyridine rings is 2. The van der Waals surface area contributed by atoms with Crippen LogP contribution < -0.4 is 5.32 Å². The van der Waals surface area contributed by atoms with E-state index in [2.05, 4.69) is 46.5 Å². The summed E-state index contributed by atoms with van der Waals surface area (Å²) in [7, 11) is 0. The number of fused-ring (bicyclic) bond motifs is 1. The molecule has 0 radical (unpaired) electrons. The smallest absolute Gasteiger partial charge is 0.0353 e. The molecule has 0 amide bonds. The maximum atomic E-state index is 4.35. The third-order valence-corrected chi connectivity index (χ3v) is 3.35. The fourth-order valence-electron chi connectivity index (χ4n) is 2.35. The fourth-order valence-corrected chi connectivity index (χ4v) is 2.35. The number of rotatable bonds is 4. The molecule has 3 nitrogen and oxygen atoms in total. The third kappa shape index (κ3) is 2.53. The Kier molecular flexibility index (Phi) is 3.70. The summed E-state index contributed by atoms with van der Waals surface area (Å²) >= 11 is 0. The normalized spacial score (nSPS) is 10.8. The molecule has 0 bridgehead atoms. The molecule has 0 atom stereocenters. The zero-order chi connectivity index (χ0) is 13.8. The van der Waals surface area contributed by atoms with Crippen molar-refractivity contribution in [2.45, 2.75) is 13.5 Å². The molecule has 0 saturated heterocycles. The Labute approximate surface area is 118 Å². The van der Waals surface area contributed by atoms with Crippen LogP contribution in [0, 0.1) is 0 Å². The first kappa shape index (κ1) is 12.8. The molecule has 0 saturated carbocycles. The zero-order valence-electron chi connectivity index (χ0n) is 11.5. The topological polar surface area (TPSA) is 37.8 Å². The average Bonchev–Trinajstić information content (AvgIpc) is 2.52. The van der Waals surface area contributed by atoms with Crippen LogP contribution in [0.1, 0.15) is 12.5 Å². The molecule has 100 valence electrons. The minimum Gasteiger partial charge on any atom is -0.313 e. The summed E-state index contributed by atoms with van der Waals surface area (Å²) in [5, 5.41) is 5.69. The first-order valence-corrected chi connectivity index (χ1v) is 6.86. The van der Waals surface area contributed by atoms with Crippen molar-refractivity contribution in [3.8, 4) is 11.1 Å². The van der Waals surface area contributed by atoms with Gasteiger partial charge in [-0.2, -0.15) is 0 Å². The van der Waals surface area contributed by atoms with Gasteiger partial charge in [-0.25, -0.2) is 0 Å². The summed E-state index contributed by atoms with van der Waals surface area (Å²) in [6.45, 7) is 3.90. The van der Waals surface area contributed by atoms with Gasteiger partial charge in [-0.3, -0.25) is 9.97 Å². The van der Waals surface area contributed by atoms with E-state index in [0.29, 0.717) is 0 Å². The number of benzene rings is 1. The summed E-state index contributed by atoms with van der Waals surface area (Å²) < 4.78 is 0. The summed E-state index contributed by atoms with van der Waals surface area (Å²) in [5.41, 5.74) is 3.44. The number of nitrogens with one attached hydrogen (secondary N) is 1. The molecule has 2 heterocycles. The molecule has 0 aliphatic heterocycles. The summed E-state index contributed by atoms with van der Waals surface area (Å²) in [4.78, 5) is 8.69. The predicted molar refractivity (Wildman–Crippen MR) is 82.4 cm³/mol. The molecule has 0 aliphatic rings. The first-order valence-electron chi connectivity index (χ1n) is 6.86. The molecule has 0 fully saturated rings. The van der Waals surface area contributed by atoms with Crippen LogP contribution in [0.15, 0.2) is 55.1 Å². The minimum absolute atomic E-state index is 0.843. The number of nitrogens with zero attached hydrogens (tertiary/aromatic N) is 2. The Hall–Kier alpha value is -2.26. The monoisotopic (exact) mass is 263 g/mol. The van der Waals surface area contributed by atoms with E-state index in [1.807, 2.05) is 30.9 Å². The van der Waals surface area contributed by atoms with Crippen LogP contribution >= 0.6 is 0 Å². The zero-order valence-corrected chi connectivity index (χ0v) is 11.5. The van der Waals surface area contributed by atoms with E-state index in [0.717, 1.165) is 29.6 Å². The van der Waals surface area contributed by atoms with Crippen molar-refractivity contribution in [1.29, 1.82) is 0 Å². The van der Waals surface area contributed by atoms with Crippen LogP contribution in [0.2, 0.25) is 0 Å². The van der Waals surface area contributed by atoms with E-state index in [-0.39, 0.29) is 0 Å². The average molecular weight is 263 g/mol. The van der Waals surface area contributed by atoms with E-state index in [4.69, 9.17) is 0 Å². The maximum Gasteiger partial charge on any atom is 0.0353 e. The maximum absolute atomic E-state index is 4.35. The van der Waals surface area contributed by atoms with Gasteiger partial charge in [0, 0.05) is 47.8 Å². The Morgan fingerprint density at radius 3 is 2.75 bits per heavy atom. The quantitative estimate of drug-likeness (QED) is 0.784. The molecule has 1 aromatic carbocycles. The highest BCUT2D eigenvalue weighted by molar-refractivity contribution is 5.95. The van der Waals surface area contributed by atoms with Crippen LogP contribution in [0.3, 0.4) is 0 Å². The molecule has 3 aromatic rings. The van der Waals surface area contributed by atoms with Crippen LogP contribution in [0.25, 0.3) is 21.9 Å². The third-order valence-electron chi connectivity index (χ3n) is 3.35. The van der Waals surface area contributed by atoms with Crippen LogP contribution in [0.5, 0.6) is 0 Å². The Bertz CT molecular complexity index is 717. The summed E-state index contributed by atoms with van der Waals surface area (Å²) in [5.74, 6) is 0. The van der Waals surface area contributed by atoms with Gasteiger partial charge in [-0.15, -0.1) is 0 Å². The second-order valence-electron chi connectivity index (χ2n) is 4.77. The first-order chi connectivity index (χ1) is 9.88. The lowest BCUT2D eigenvalue weighted by molar-refractivity contribution is 0.724. The van der Waals surface area contributed by atoms with Gasteiger partial charge in [0.15, 0.2) is 0 Å². The van der Waals surface area contributed by atoms with Crippen molar-refractivity contribution < 1.29 is 0 Å². The van der Waals surface area contributed by atoms with Crippen LogP contribution in [-0.4, -0.2) is 16.5 Å². The van der Waals surface area contributed by atoms with E-state index >= 15 is 0 Å². The molecule has 0 aliphatic carbocycles. The van der Waals surface area contributed by atoms with Crippen molar-refractivity contribution in [3.05, 3.63) is 60.7 Å². The summed E-state index contributed by atoms with van der Waals surface area (Å²) in [6.07, 6.45) is 7.62. The Morgan fingerprint density at radius 1 is 1.00 bits per heavy atom. The lowest BCUT2D eigenvalue weighted by Crippen LogP contribution is -2.11. The van der Waals surface area contributed by atoms with Gasteiger partial charge in [0.1, 0.15) is 0 Å². The van der Waals surface area contributed by atoms with Crippen molar-refractivity contribution in [3.63, 3.8) is 0 Å². The Morgan fingerprint density at radius 2 is 1.85 bits per heavy atom. The van der Waals surface area contributed by atoms with Gasteiger partial charge in [0.25, 0.3) is 0 Å². The molecular formula is C17H17N3. The minimum atomic E-state index is 0.843. The largest absolute Gasteiger partial charge is 0.313 e. The summed E-state index contributed by atoms with van der Waals surface area (Å²) in [6, 6.07) is 10.5. The van der Waals surface area contributed by atoms with Crippen LogP contribution in [-0.2, 0) is 6.54 Å². The van der Waals surface area contributed by atoms with Gasteiger partial charge < -0.3 is 5.32 Å². The molecular weight excluding hydrogens is 246 g/mol. The van der Waals surface area contributed by atoms with Gasteiger partial charge in [0.2, 0.25) is 0 Å². The highest BCUT2D eigenvalue weighted by Crippen LogP contribution is 2.27. The fraction of sp³-hybridized carbons (Fsp3) is 0.176. The molecule has 3 heteroatoms. The second kappa shape index (κ2) is 5.80. The van der Waals surface area contributed by atoms with Gasteiger partial charge >= 0.3 is 0 Å². The molecule has 1 N–H and O–H groups in total. The van der Waals surface area contributed by atoms with Crippen molar-refractivity contribution in [2.75, 3.05) is 6.54 Å². The molecule has 0 spiro atoms. The molecule has 2 aromatic heterocycles. The lowest BCUT2D eigenvalue weighted by atomic mass is 10.0. The SMILES string of the molecule is CCNCc1cncc(-c2cncc3ccccc23)c1. The van der Waals surface area contributed by atoms with E-state index in [1.54, 1.807) is 0 Å². The van der Waals surface area contributed by atoms with E-state index in [9.17, 15) is 0 Å². The number of aromatic nitrogens is 2. The van der Waals surface area contributed by atoms with Crippen molar-refractivity contribution in [1.82, 2.24) is 15.3 Å². The highest BCUT2D eigenvalue weighted by Gasteiger charge is 2.05. The van der Waals surface area contributed by atoms with E-state index < -0.39 is 0 Å². The number of hydrogen-bond donors (Lipinski definition) is 1. The van der Waals surface area contributed by atoms with Crippen molar-refractivity contribution in [2.24, 2.45) is 0 Å². The number of hydrogen-bond acceptors (Lipinski definition) is 3. The van der Waals surface area contributed by atoms with Gasteiger partial charge in [0.05, 0.1) is 0 Å². The van der Waals surface area contributed by atoms with Crippen LogP contribution in [0.4, 0.5) is 0 Å². The highest BCUT2D eigenvalue weighted by atomic mass is 14.8. The van der Waals surface area contributed by atoms with Gasteiger partial charge in [-0.1, -0.05) is 31.2 Å². The van der Waals surface area contributed by atoms with Crippen molar-refractivity contribution >= 4 is 10.8 Å². The second-order valence-corrected chi connectivity index (χ2v) is 4.77. The molecule has 3 rings (SSSR count). The molecule has 20 heavy (non-hydrogen) atoms.